The van der Waals surface area contributed by atoms with E-state index in [0.29, 0.717) is 16.0 Å². The van der Waals surface area contributed by atoms with Gasteiger partial charge in [-0.15, -0.1) is 0 Å². The summed E-state index contributed by atoms with van der Waals surface area (Å²) >= 11 is 0. The fraction of sp³-hybridized carbons (Fsp3) is 1.00. The van der Waals surface area contributed by atoms with Crippen molar-refractivity contribution in [2.24, 2.45) is 11.3 Å². The van der Waals surface area contributed by atoms with Gasteiger partial charge in [-0.3, -0.25) is 0 Å². The van der Waals surface area contributed by atoms with Crippen molar-refractivity contribution >= 4 is 7.28 Å². The normalized spacial score (nSPS) is 39.9. The molecule has 3 fully saturated rings. The van der Waals surface area contributed by atoms with Gasteiger partial charge < -0.3 is 0 Å². The molecule has 0 N–H and O–H groups in total. The van der Waals surface area contributed by atoms with Gasteiger partial charge in [-0.25, -0.2) is 0 Å². The SMILES string of the molecule is CCC(C)(C)C12[B]C(C(C)C)(CCC1)C2. The van der Waals surface area contributed by atoms with Crippen molar-refractivity contribution in [3.05, 3.63) is 0 Å². The van der Waals surface area contributed by atoms with Gasteiger partial charge in [0.25, 0.3) is 0 Å². The Labute approximate surface area is 96.5 Å². The summed E-state index contributed by atoms with van der Waals surface area (Å²) in [4.78, 5) is 0. The summed E-state index contributed by atoms with van der Waals surface area (Å²) in [6.45, 7) is 12.1. The molecule has 0 nitrogen and oxygen atoms in total. The molecule has 3 aliphatic rings. The predicted molar refractivity (Wildman–Crippen MR) is 68.5 cm³/mol. The molecule has 1 aliphatic carbocycles. The fourth-order valence-electron chi connectivity index (χ4n) is 3.95. The van der Waals surface area contributed by atoms with E-state index in [2.05, 4.69) is 41.9 Å². The summed E-state index contributed by atoms with van der Waals surface area (Å²) in [5, 5.41) is 1.20. The Bertz CT molecular complexity index is 246. The highest BCUT2D eigenvalue weighted by molar-refractivity contribution is 6.49. The first kappa shape index (κ1) is 11.5. The van der Waals surface area contributed by atoms with E-state index in [1.807, 2.05) is 0 Å². The van der Waals surface area contributed by atoms with Gasteiger partial charge in [0.15, 0.2) is 0 Å². The monoisotopic (exact) mass is 205 g/mol. The first-order chi connectivity index (χ1) is 6.88. The lowest BCUT2D eigenvalue weighted by molar-refractivity contribution is 0.0746. The maximum absolute atomic E-state index is 2.76. The second kappa shape index (κ2) is 3.28. The van der Waals surface area contributed by atoms with Crippen molar-refractivity contribution in [1.82, 2.24) is 0 Å². The third-order valence-corrected chi connectivity index (χ3v) is 5.86. The largest absolute Gasteiger partial charge is 0.127 e. The number of rotatable bonds is 3. The maximum Gasteiger partial charge on any atom is 0.127 e. The van der Waals surface area contributed by atoms with E-state index in [-0.39, 0.29) is 0 Å². The third kappa shape index (κ3) is 1.41. The van der Waals surface area contributed by atoms with E-state index >= 15 is 0 Å². The van der Waals surface area contributed by atoms with Crippen LogP contribution in [0.4, 0.5) is 0 Å². The van der Waals surface area contributed by atoms with Crippen LogP contribution in [0.2, 0.25) is 10.6 Å². The Morgan fingerprint density at radius 2 is 1.87 bits per heavy atom. The van der Waals surface area contributed by atoms with E-state index in [9.17, 15) is 0 Å². The van der Waals surface area contributed by atoms with Gasteiger partial charge in [0.05, 0.1) is 0 Å². The Hall–Kier alpha value is 0.0649. The van der Waals surface area contributed by atoms with Gasteiger partial charge in [-0.1, -0.05) is 77.4 Å². The molecule has 0 aromatic heterocycles. The van der Waals surface area contributed by atoms with Gasteiger partial charge in [0.1, 0.15) is 7.28 Å². The molecule has 2 aliphatic heterocycles. The molecule has 15 heavy (non-hydrogen) atoms. The Balaban J connectivity index is 2.17. The molecule has 85 valence electrons. The zero-order valence-corrected chi connectivity index (χ0v) is 11.2. The van der Waals surface area contributed by atoms with Crippen LogP contribution in [0.25, 0.3) is 0 Å². The number of hydrogen-bond donors (Lipinski definition) is 0. The minimum atomic E-state index is 0.520. The van der Waals surface area contributed by atoms with Gasteiger partial charge in [0, 0.05) is 0 Å². The summed E-state index contributed by atoms with van der Waals surface area (Å²) in [6.07, 6.45) is 7.14. The topological polar surface area (TPSA) is 0 Å². The van der Waals surface area contributed by atoms with E-state index in [4.69, 9.17) is 0 Å². The average molecular weight is 205 g/mol. The average Bonchev–Trinajstić information content (AvgIpc) is 2.16. The highest BCUT2D eigenvalue weighted by Gasteiger charge is 2.63. The fourth-order valence-corrected chi connectivity index (χ4v) is 3.95. The summed E-state index contributed by atoms with van der Waals surface area (Å²) in [7, 11) is 2.76. The molecule has 2 heterocycles. The van der Waals surface area contributed by atoms with Crippen LogP contribution < -0.4 is 0 Å². The Morgan fingerprint density at radius 1 is 1.27 bits per heavy atom. The lowest BCUT2D eigenvalue weighted by Gasteiger charge is -2.68. The highest BCUT2D eigenvalue weighted by atomic mass is 14.6. The van der Waals surface area contributed by atoms with Crippen molar-refractivity contribution in [3.63, 3.8) is 0 Å². The minimum absolute atomic E-state index is 0.520. The molecular formula is C14H26B. The Kier molecular flexibility index (Phi) is 2.52. The number of fused-ring (bicyclic) bond motifs is 2. The second-order valence-electron chi connectivity index (χ2n) is 6.96. The van der Waals surface area contributed by atoms with E-state index < -0.39 is 0 Å². The van der Waals surface area contributed by atoms with Crippen LogP contribution >= 0.6 is 0 Å². The first-order valence-corrected chi connectivity index (χ1v) is 6.75. The third-order valence-electron chi connectivity index (χ3n) is 5.86. The zero-order chi connectivity index (χ0) is 11.3. The van der Waals surface area contributed by atoms with Crippen LogP contribution in [0.3, 0.4) is 0 Å². The molecule has 2 saturated heterocycles. The van der Waals surface area contributed by atoms with Crippen molar-refractivity contribution in [1.29, 1.82) is 0 Å². The summed E-state index contributed by atoms with van der Waals surface area (Å²) in [5.74, 6) is 0.846. The first-order valence-electron chi connectivity index (χ1n) is 6.75. The maximum atomic E-state index is 2.76. The molecule has 0 amide bonds. The van der Waals surface area contributed by atoms with Crippen molar-refractivity contribution in [2.45, 2.75) is 77.4 Å². The van der Waals surface area contributed by atoms with Crippen LogP contribution in [-0.4, -0.2) is 7.28 Å². The number of hydrogen-bond acceptors (Lipinski definition) is 0. The molecular weight excluding hydrogens is 179 g/mol. The van der Waals surface area contributed by atoms with E-state index in [1.54, 1.807) is 0 Å². The quantitative estimate of drug-likeness (QED) is 0.586. The smallest absolute Gasteiger partial charge is 0.0649 e. The second-order valence-corrected chi connectivity index (χ2v) is 6.96. The molecule has 2 unspecified atom stereocenters. The molecule has 2 bridgehead atoms. The summed E-state index contributed by atoms with van der Waals surface area (Å²) in [6, 6.07) is 0. The molecule has 1 heteroatoms. The zero-order valence-electron chi connectivity index (χ0n) is 11.2. The summed E-state index contributed by atoms with van der Waals surface area (Å²) < 4.78 is 0. The standard InChI is InChI=1S/C14H26B/c1-6-12(4,5)14-9-7-8-13(10-14,15-14)11(2)3/h11H,6-10H2,1-5H3. The Morgan fingerprint density at radius 3 is 2.33 bits per heavy atom. The molecule has 3 rings (SSSR count). The molecule has 0 aromatic carbocycles. The summed E-state index contributed by atoms with van der Waals surface area (Å²) in [5.41, 5.74) is 0.520. The molecule has 2 atom stereocenters. The van der Waals surface area contributed by atoms with Gasteiger partial charge in [-0.2, -0.15) is 0 Å². The minimum Gasteiger partial charge on any atom is -0.0649 e. The van der Waals surface area contributed by atoms with E-state index in [0.717, 1.165) is 5.92 Å². The van der Waals surface area contributed by atoms with Crippen LogP contribution in [-0.2, 0) is 0 Å². The van der Waals surface area contributed by atoms with Crippen molar-refractivity contribution in [2.75, 3.05) is 0 Å². The predicted octanol–water partition coefficient (Wildman–Crippen LogP) is 4.69. The molecule has 1 saturated carbocycles. The van der Waals surface area contributed by atoms with Crippen LogP contribution in [0.15, 0.2) is 0 Å². The van der Waals surface area contributed by atoms with Crippen LogP contribution in [0.5, 0.6) is 0 Å². The van der Waals surface area contributed by atoms with E-state index in [1.165, 1.54) is 32.1 Å². The van der Waals surface area contributed by atoms with Crippen LogP contribution in [0.1, 0.15) is 66.7 Å². The van der Waals surface area contributed by atoms with Gasteiger partial charge >= 0.3 is 0 Å². The van der Waals surface area contributed by atoms with Gasteiger partial charge in [0.2, 0.25) is 0 Å². The molecule has 1 radical (unpaired) electrons. The molecule has 0 spiro atoms. The van der Waals surface area contributed by atoms with Crippen LogP contribution in [0, 0.1) is 11.3 Å². The van der Waals surface area contributed by atoms with Crippen molar-refractivity contribution < 1.29 is 0 Å². The lowest BCUT2D eigenvalue weighted by atomic mass is 9.14. The molecule has 0 aromatic rings. The lowest BCUT2D eigenvalue weighted by Crippen LogP contribution is -2.57. The van der Waals surface area contributed by atoms with Crippen molar-refractivity contribution in [3.8, 4) is 0 Å². The van der Waals surface area contributed by atoms with Gasteiger partial charge in [-0.05, 0) is 11.3 Å². The highest BCUT2D eigenvalue weighted by Crippen LogP contribution is 2.76.